The number of rotatable bonds is 6. The first-order valence-electron chi connectivity index (χ1n) is 9.65. The standard InChI is InChI=1S/C20H25N7O2/c1-12-5-6-13(2)27(12)20-25-18(21-3)24-19(26-20)23-14-7-8-15(16(9-14)28-4)17-10-22-11-29-17/h7-13H,5-6H2,1-4H3,(H2,21,23,24,25,26). The fraction of sp³-hybridized carbons (Fsp3) is 0.400. The topological polar surface area (TPSA) is 101 Å². The molecule has 0 bridgehead atoms. The summed E-state index contributed by atoms with van der Waals surface area (Å²) in [5.74, 6) is 2.98. The Hall–Kier alpha value is -3.36. The van der Waals surface area contributed by atoms with E-state index in [1.165, 1.54) is 6.39 Å². The number of nitrogens with zero attached hydrogens (tertiary/aromatic N) is 5. The van der Waals surface area contributed by atoms with Gasteiger partial charge in [-0.15, -0.1) is 0 Å². The molecular weight excluding hydrogens is 370 g/mol. The number of methoxy groups -OCH3 is 1. The highest BCUT2D eigenvalue weighted by atomic mass is 16.5. The number of hydrogen-bond acceptors (Lipinski definition) is 9. The molecule has 0 aliphatic carbocycles. The van der Waals surface area contributed by atoms with Crippen molar-refractivity contribution in [3.05, 3.63) is 30.8 Å². The molecule has 4 rings (SSSR count). The lowest BCUT2D eigenvalue weighted by Gasteiger charge is -2.26. The molecule has 0 spiro atoms. The minimum atomic E-state index is 0.395. The van der Waals surface area contributed by atoms with E-state index >= 15 is 0 Å². The van der Waals surface area contributed by atoms with Crippen LogP contribution in [-0.2, 0) is 0 Å². The summed E-state index contributed by atoms with van der Waals surface area (Å²) in [7, 11) is 3.42. The van der Waals surface area contributed by atoms with Crippen LogP contribution in [0.4, 0.5) is 23.5 Å². The molecule has 1 aromatic carbocycles. The third-order valence-corrected chi connectivity index (χ3v) is 5.19. The van der Waals surface area contributed by atoms with Gasteiger partial charge in [0.05, 0.1) is 18.9 Å². The molecule has 9 heteroatoms. The molecule has 2 aromatic heterocycles. The first kappa shape index (κ1) is 19.0. The van der Waals surface area contributed by atoms with Gasteiger partial charge in [0.1, 0.15) is 5.75 Å². The van der Waals surface area contributed by atoms with Gasteiger partial charge in [-0.25, -0.2) is 4.98 Å². The van der Waals surface area contributed by atoms with E-state index in [0.717, 1.165) is 24.1 Å². The maximum Gasteiger partial charge on any atom is 0.233 e. The van der Waals surface area contributed by atoms with Crippen LogP contribution in [-0.4, -0.2) is 46.2 Å². The summed E-state index contributed by atoms with van der Waals surface area (Å²) in [6.45, 7) is 4.40. The van der Waals surface area contributed by atoms with Gasteiger partial charge >= 0.3 is 0 Å². The number of aromatic nitrogens is 4. The molecule has 3 aromatic rings. The second kappa shape index (κ2) is 7.94. The van der Waals surface area contributed by atoms with Crippen LogP contribution in [0.15, 0.2) is 35.2 Å². The molecule has 1 aliphatic rings. The number of nitrogens with one attached hydrogen (secondary N) is 2. The minimum Gasteiger partial charge on any atom is -0.496 e. The second-order valence-corrected chi connectivity index (χ2v) is 7.12. The van der Waals surface area contributed by atoms with Gasteiger partial charge in [0.2, 0.25) is 17.8 Å². The summed E-state index contributed by atoms with van der Waals surface area (Å²) in [5.41, 5.74) is 1.62. The molecule has 0 radical (unpaired) electrons. The van der Waals surface area contributed by atoms with Crippen molar-refractivity contribution in [2.45, 2.75) is 38.8 Å². The highest BCUT2D eigenvalue weighted by Crippen LogP contribution is 2.33. The number of oxazole rings is 1. The number of ether oxygens (including phenoxy) is 1. The minimum absolute atomic E-state index is 0.395. The molecule has 1 fully saturated rings. The van der Waals surface area contributed by atoms with Gasteiger partial charge in [-0.3, -0.25) is 0 Å². The lowest BCUT2D eigenvalue weighted by Crippen LogP contribution is -2.34. The van der Waals surface area contributed by atoms with Crippen LogP contribution in [0.25, 0.3) is 11.3 Å². The van der Waals surface area contributed by atoms with E-state index in [1.54, 1.807) is 20.4 Å². The summed E-state index contributed by atoms with van der Waals surface area (Å²) < 4.78 is 10.9. The summed E-state index contributed by atoms with van der Waals surface area (Å²) in [5, 5.41) is 6.29. The van der Waals surface area contributed by atoms with E-state index in [2.05, 4.69) is 49.3 Å². The van der Waals surface area contributed by atoms with Crippen molar-refractivity contribution in [3.63, 3.8) is 0 Å². The maximum atomic E-state index is 5.52. The van der Waals surface area contributed by atoms with Gasteiger partial charge in [0.25, 0.3) is 0 Å². The summed E-state index contributed by atoms with van der Waals surface area (Å²) in [6.07, 6.45) is 5.31. The van der Waals surface area contributed by atoms with Crippen LogP contribution in [0.2, 0.25) is 0 Å². The predicted octanol–water partition coefficient (Wildman–Crippen LogP) is 3.70. The third-order valence-electron chi connectivity index (χ3n) is 5.19. The maximum absolute atomic E-state index is 5.52. The Morgan fingerprint density at radius 2 is 1.86 bits per heavy atom. The largest absolute Gasteiger partial charge is 0.496 e. The smallest absolute Gasteiger partial charge is 0.233 e. The fourth-order valence-electron chi connectivity index (χ4n) is 3.69. The highest BCUT2D eigenvalue weighted by Gasteiger charge is 2.30. The van der Waals surface area contributed by atoms with Crippen molar-refractivity contribution in [2.24, 2.45) is 0 Å². The van der Waals surface area contributed by atoms with Crippen molar-refractivity contribution >= 4 is 23.5 Å². The van der Waals surface area contributed by atoms with Crippen molar-refractivity contribution in [1.82, 2.24) is 19.9 Å². The molecule has 0 amide bonds. The lowest BCUT2D eigenvalue weighted by molar-refractivity contribution is 0.415. The van der Waals surface area contributed by atoms with Crippen LogP contribution >= 0.6 is 0 Å². The van der Waals surface area contributed by atoms with E-state index in [1.807, 2.05) is 18.2 Å². The van der Waals surface area contributed by atoms with Crippen molar-refractivity contribution in [3.8, 4) is 17.1 Å². The van der Waals surface area contributed by atoms with E-state index < -0.39 is 0 Å². The first-order chi connectivity index (χ1) is 14.1. The van der Waals surface area contributed by atoms with Crippen LogP contribution < -0.4 is 20.3 Å². The number of anilines is 4. The Bertz CT molecular complexity index is 967. The molecule has 1 aliphatic heterocycles. The molecular formula is C20H25N7O2. The van der Waals surface area contributed by atoms with Gasteiger partial charge < -0.3 is 24.7 Å². The fourth-order valence-corrected chi connectivity index (χ4v) is 3.69. The average molecular weight is 395 g/mol. The van der Waals surface area contributed by atoms with Crippen LogP contribution in [0.3, 0.4) is 0 Å². The summed E-state index contributed by atoms with van der Waals surface area (Å²) >= 11 is 0. The van der Waals surface area contributed by atoms with Crippen molar-refractivity contribution in [2.75, 3.05) is 29.7 Å². The first-order valence-corrected chi connectivity index (χ1v) is 9.65. The second-order valence-electron chi connectivity index (χ2n) is 7.12. The molecule has 3 heterocycles. The lowest BCUT2D eigenvalue weighted by atomic mass is 10.1. The SMILES string of the molecule is CNc1nc(Nc2ccc(-c3cnco3)c(OC)c2)nc(N2C(C)CCC2C)n1. The Balaban J connectivity index is 1.64. The molecule has 29 heavy (non-hydrogen) atoms. The van der Waals surface area contributed by atoms with Gasteiger partial charge in [-0.1, -0.05) is 0 Å². The molecule has 1 saturated heterocycles. The van der Waals surface area contributed by atoms with E-state index in [4.69, 9.17) is 9.15 Å². The van der Waals surface area contributed by atoms with Gasteiger partial charge in [0, 0.05) is 30.9 Å². The normalized spacial score (nSPS) is 18.7. The van der Waals surface area contributed by atoms with Crippen LogP contribution in [0.5, 0.6) is 5.75 Å². The molecule has 152 valence electrons. The summed E-state index contributed by atoms with van der Waals surface area (Å²) in [6, 6.07) is 6.50. The predicted molar refractivity (Wildman–Crippen MR) is 112 cm³/mol. The molecule has 9 nitrogen and oxygen atoms in total. The van der Waals surface area contributed by atoms with E-state index in [-0.39, 0.29) is 0 Å². The van der Waals surface area contributed by atoms with E-state index in [9.17, 15) is 0 Å². The third kappa shape index (κ3) is 3.80. The summed E-state index contributed by atoms with van der Waals surface area (Å²) in [4.78, 5) is 19.9. The molecule has 2 atom stereocenters. The molecule has 2 unspecified atom stereocenters. The van der Waals surface area contributed by atoms with Gasteiger partial charge in [-0.2, -0.15) is 15.0 Å². The zero-order chi connectivity index (χ0) is 20.4. The number of hydrogen-bond donors (Lipinski definition) is 2. The highest BCUT2D eigenvalue weighted by molar-refractivity contribution is 5.71. The monoisotopic (exact) mass is 395 g/mol. The molecule has 2 N–H and O–H groups in total. The average Bonchev–Trinajstić information content (AvgIpc) is 3.37. The van der Waals surface area contributed by atoms with Crippen molar-refractivity contribution in [1.29, 1.82) is 0 Å². The van der Waals surface area contributed by atoms with Gasteiger partial charge in [0.15, 0.2) is 12.2 Å². The zero-order valence-electron chi connectivity index (χ0n) is 17.0. The Labute approximate surface area is 169 Å². The quantitative estimate of drug-likeness (QED) is 0.647. The van der Waals surface area contributed by atoms with Gasteiger partial charge in [-0.05, 0) is 38.8 Å². The van der Waals surface area contributed by atoms with Crippen LogP contribution in [0.1, 0.15) is 26.7 Å². The van der Waals surface area contributed by atoms with E-state index in [0.29, 0.717) is 41.4 Å². The van der Waals surface area contributed by atoms with Crippen LogP contribution in [0, 0.1) is 0 Å². The van der Waals surface area contributed by atoms with Crippen molar-refractivity contribution < 1.29 is 9.15 Å². The zero-order valence-corrected chi connectivity index (χ0v) is 17.0. The Morgan fingerprint density at radius 1 is 1.10 bits per heavy atom. The molecule has 0 saturated carbocycles. The Kier molecular flexibility index (Phi) is 5.20. The Morgan fingerprint density at radius 3 is 2.52 bits per heavy atom. The number of benzene rings is 1.